The minimum absolute atomic E-state index is 0.0217. The Morgan fingerprint density at radius 2 is 1.60 bits per heavy atom. The number of nitrogens with zero attached hydrogens (tertiary/aromatic N) is 2. The van der Waals surface area contributed by atoms with Crippen LogP contribution in [0.1, 0.15) is 21.5 Å². The monoisotopic (exact) mass is 409 g/mol. The SMILES string of the molecule is Cc1cccc(C)c1NC(=O)CN1CCN(C(=O)c2ccc3c(c2)OCCO3)CC1. The number of hydrogen-bond donors (Lipinski definition) is 1. The number of fused-ring (bicyclic) bond motifs is 1. The maximum Gasteiger partial charge on any atom is 0.254 e. The number of ether oxygens (including phenoxy) is 2. The lowest BCUT2D eigenvalue weighted by atomic mass is 10.1. The lowest BCUT2D eigenvalue weighted by Crippen LogP contribution is -2.50. The largest absolute Gasteiger partial charge is 0.486 e. The Bertz CT molecular complexity index is 931. The predicted molar refractivity (Wildman–Crippen MR) is 114 cm³/mol. The third kappa shape index (κ3) is 4.41. The number of anilines is 1. The van der Waals surface area contributed by atoms with Crippen molar-refractivity contribution in [3.63, 3.8) is 0 Å². The van der Waals surface area contributed by atoms with Crippen molar-refractivity contribution in [2.45, 2.75) is 13.8 Å². The lowest BCUT2D eigenvalue weighted by Gasteiger charge is -2.34. The maximum atomic E-state index is 12.9. The van der Waals surface area contributed by atoms with E-state index in [0.717, 1.165) is 16.8 Å². The van der Waals surface area contributed by atoms with E-state index in [1.807, 2.05) is 36.9 Å². The van der Waals surface area contributed by atoms with Crippen LogP contribution in [0, 0.1) is 13.8 Å². The van der Waals surface area contributed by atoms with Crippen LogP contribution in [0.3, 0.4) is 0 Å². The van der Waals surface area contributed by atoms with E-state index in [-0.39, 0.29) is 11.8 Å². The van der Waals surface area contributed by atoms with Crippen molar-refractivity contribution in [3.05, 3.63) is 53.1 Å². The molecule has 7 heteroatoms. The highest BCUT2D eigenvalue weighted by molar-refractivity contribution is 5.95. The molecule has 7 nitrogen and oxygen atoms in total. The summed E-state index contributed by atoms with van der Waals surface area (Å²) in [5.74, 6) is 1.25. The first-order valence-electron chi connectivity index (χ1n) is 10.3. The number of aryl methyl sites for hydroxylation is 2. The van der Waals surface area contributed by atoms with Crippen LogP contribution in [0.25, 0.3) is 0 Å². The van der Waals surface area contributed by atoms with Gasteiger partial charge in [-0.3, -0.25) is 14.5 Å². The van der Waals surface area contributed by atoms with Crippen LogP contribution in [0.2, 0.25) is 0 Å². The minimum atomic E-state index is -0.0287. The van der Waals surface area contributed by atoms with Gasteiger partial charge >= 0.3 is 0 Å². The van der Waals surface area contributed by atoms with Crippen LogP contribution >= 0.6 is 0 Å². The quantitative estimate of drug-likeness (QED) is 0.840. The highest BCUT2D eigenvalue weighted by Crippen LogP contribution is 2.31. The minimum Gasteiger partial charge on any atom is -0.486 e. The van der Waals surface area contributed by atoms with Crippen LogP contribution in [0.4, 0.5) is 5.69 Å². The standard InChI is InChI=1S/C23H27N3O4/c1-16-4-3-5-17(2)22(16)24-21(27)15-25-8-10-26(11-9-25)23(28)18-6-7-19-20(14-18)30-13-12-29-19/h3-7,14H,8-13,15H2,1-2H3,(H,24,27). The zero-order valence-electron chi connectivity index (χ0n) is 17.4. The predicted octanol–water partition coefficient (Wildman–Crippen LogP) is 2.47. The van der Waals surface area contributed by atoms with Gasteiger partial charge in [-0.15, -0.1) is 0 Å². The highest BCUT2D eigenvalue weighted by atomic mass is 16.6. The van der Waals surface area contributed by atoms with Crippen molar-refractivity contribution < 1.29 is 19.1 Å². The van der Waals surface area contributed by atoms with Crippen molar-refractivity contribution >= 4 is 17.5 Å². The van der Waals surface area contributed by atoms with Crippen molar-refractivity contribution in [3.8, 4) is 11.5 Å². The average molecular weight is 409 g/mol. The van der Waals surface area contributed by atoms with Gasteiger partial charge in [0.05, 0.1) is 6.54 Å². The molecular formula is C23H27N3O4. The molecule has 0 spiro atoms. The van der Waals surface area contributed by atoms with Crippen LogP contribution in [-0.4, -0.2) is 67.6 Å². The first-order valence-corrected chi connectivity index (χ1v) is 10.3. The molecule has 0 unspecified atom stereocenters. The molecule has 1 saturated heterocycles. The fraction of sp³-hybridized carbons (Fsp3) is 0.391. The summed E-state index contributed by atoms with van der Waals surface area (Å²) in [5, 5.41) is 3.03. The fourth-order valence-corrected chi connectivity index (χ4v) is 3.86. The normalized spacial score (nSPS) is 16.3. The van der Waals surface area contributed by atoms with E-state index >= 15 is 0 Å². The van der Waals surface area contributed by atoms with Crippen molar-refractivity contribution in [1.82, 2.24) is 9.80 Å². The number of nitrogens with one attached hydrogen (secondary N) is 1. The zero-order valence-corrected chi connectivity index (χ0v) is 17.4. The summed E-state index contributed by atoms with van der Waals surface area (Å²) >= 11 is 0. The summed E-state index contributed by atoms with van der Waals surface area (Å²) in [6.45, 7) is 7.82. The molecule has 2 aromatic carbocycles. The van der Waals surface area contributed by atoms with Gasteiger partial charge in [0.2, 0.25) is 5.91 Å². The molecule has 2 amide bonds. The smallest absolute Gasteiger partial charge is 0.254 e. The van der Waals surface area contributed by atoms with Gasteiger partial charge in [0, 0.05) is 37.4 Å². The summed E-state index contributed by atoms with van der Waals surface area (Å²) in [5.41, 5.74) is 3.59. The number of rotatable bonds is 4. The lowest BCUT2D eigenvalue weighted by molar-refractivity contribution is -0.117. The number of amides is 2. The number of benzene rings is 2. The zero-order chi connectivity index (χ0) is 21.1. The van der Waals surface area contributed by atoms with Crippen LogP contribution < -0.4 is 14.8 Å². The van der Waals surface area contributed by atoms with Gasteiger partial charge < -0.3 is 19.7 Å². The van der Waals surface area contributed by atoms with Gasteiger partial charge in [0.15, 0.2) is 11.5 Å². The molecule has 2 heterocycles. The molecule has 0 aromatic heterocycles. The summed E-state index contributed by atoms with van der Waals surface area (Å²) in [7, 11) is 0. The molecule has 0 atom stereocenters. The first kappa shape index (κ1) is 20.2. The molecule has 158 valence electrons. The molecular weight excluding hydrogens is 382 g/mol. The molecule has 1 fully saturated rings. The fourth-order valence-electron chi connectivity index (χ4n) is 3.86. The molecule has 2 aromatic rings. The van der Waals surface area contributed by atoms with E-state index < -0.39 is 0 Å². The number of carbonyl (C=O) groups excluding carboxylic acids is 2. The second-order valence-corrected chi connectivity index (χ2v) is 7.74. The Labute approximate surface area is 176 Å². The van der Waals surface area contributed by atoms with E-state index in [0.29, 0.717) is 63.0 Å². The van der Waals surface area contributed by atoms with Gasteiger partial charge in [-0.1, -0.05) is 18.2 Å². The Morgan fingerprint density at radius 3 is 2.30 bits per heavy atom. The van der Waals surface area contributed by atoms with Crippen LogP contribution in [0.15, 0.2) is 36.4 Å². The number of hydrogen-bond acceptors (Lipinski definition) is 5. The Hall–Kier alpha value is -3.06. The molecule has 0 radical (unpaired) electrons. The van der Waals surface area contributed by atoms with Crippen molar-refractivity contribution in [1.29, 1.82) is 0 Å². The second-order valence-electron chi connectivity index (χ2n) is 7.74. The molecule has 2 aliphatic rings. The van der Waals surface area contributed by atoms with Gasteiger partial charge in [0.1, 0.15) is 13.2 Å². The number of piperazine rings is 1. The molecule has 0 aliphatic carbocycles. The van der Waals surface area contributed by atoms with Gasteiger partial charge in [-0.05, 0) is 43.2 Å². The molecule has 0 saturated carbocycles. The molecule has 2 aliphatic heterocycles. The van der Waals surface area contributed by atoms with Gasteiger partial charge in [0.25, 0.3) is 5.91 Å². The molecule has 30 heavy (non-hydrogen) atoms. The maximum absolute atomic E-state index is 12.9. The average Bonchev–Trinajstić information content (AvgIpc) is 2.76. The topological polar surface area (TPSA) is 71.1 Å². The van der Waals surface area contributed by atoms with Crippen molar-refractivity contribution in [2.24, 2.45) is 0 Å². The summed E-state index contributed by atoms with van der Waals surface area (Å²) in [6, 6.07) is 11.3. The summed E-state index contributed by atoms with van der Waals surface area (Å²) in [6.07, 6.45) is 0. The Morgan fingerprint density at radius 1 is 0.933 bits per heavy atom. The molecule has 1 N–H and O–H groups in total. The van der Waals surface area contributed by atoms with Crippen molar-refractivity contribution in [2.75, 3.05) is 51.3 Å². The van der Waals surface area contributed by atoms with E-state index in [1.165, 1.54) is 0 Å². The Kier molecular flexibility index (Phi) is 5.90. The van der Waals surface area contributed by atoms with E-state index in [1.54, 1.807) is 18.2 Å². The van der Waals surface area contributed by atoms with E-state index in [2.05, 4.69) is 10.2 Å². The van der Waals surface area contributed by atoms with E-state index in [9.17, 15) is 9.59 Å². The molecule has 4 rings (SSSR count). The number of carbonyl (C=O) groups is 2. The highest BCUT2D eigenvalue weighted by Gasteiger charge is 2.25. The molecule has 0 bridgehead atoms. The third-order valence-corrected chi connectivity index (χ3v) is 5.56. The van der Waals surface area contributed by atoms with E-state index in [4.69, 9.17) is 9.47 Å². The third-order valence-electron chi connectivity index (χ3n) is 5.56. The number of para-hydroxylation sites is 1. The second kappa shape index (κ2) is 8.75. The first-order chi connectivity index (χ1) is 14.5. The van der Waals surface area contributed by atoms with Gasteiger partial charge in [-0.25, -0.2) is 0 Å². The Balaban J connectivity index is 1.30. The van der Waals surface area contributed by atoms with Gasteiger partial charge in [-0.2, -0.15) is 0 Å². The van der Waals surface area contributed by atoms with Crippen LogP contribution in [0.5, 0.6) is 11.5 Å². The van der Waals surface area contributed by atoms with Crippen LogP contribution in [-0.2, 0) is 4.79 Å². The summed E-state index contributed by atoms with van der Waals surface area (Å²) in [4.78, 5) is 29.3. The summed E-state index contributed by atoms with van der Waals surface area (Å²) < 4.78 is 11.1.